The zero-order chi connectivity index (χ0) is 12.2. The number of nitrogens with two attached hydrogens (primary N) is 1. The van der Waals surface area contributed by atoms with Crippen LogP contribution in [0, 0.1) is 0 Å². The molecule has 0 aliphatic heterocycles. The summed E-state index contributed by atoms with van der Waals surface area (Å²) in [4.78, 5) is 7.99. The summed E-state index contributed by atoms with van der Waals surface area (Å²) in [7, 11) is -2.04. The maximum absolute atomic E-state index is 11.2. The summed E-state index contributed by atoms with van der Waals surface area (Å²) >= 11 is 0. The molecule has 0 radical (unpaired) electrons. The summed E-state index contributed by atoms with van der Waals surface area (Å²) < 4.78 is 27.2. The minimum Gasteiger partial charge on any atom is -0.480 e. The molecule has 0 bridgehead atoms. The summed E-state index contributed by atoms with van der Waals surface area (Å²) in [6, 6.07) is 0. The van der Waals surface area contributed by atoms with Crippen LogP contribution in [-0.2, 0) is 16.4 Å². The maximum atomic E-state index is 11.2. The van der Waals surface area contributed by atoms with E-state index < -0.39 is 15.3 Å². The molecule has 1 rings (SSSR count). The van der Waals surface area contributed by atoms with Gasteiger partial charge in [0.1, 0.15) is 0 Å². The predicted octanol–water partition coefficient (Wildman–Crippen LogP) is 0.0948. The Bertz CT molecular complexity index is 430. The first-order chi connectivity index (χ1) is 7.47. The van der Waals surface area contributed by atoms with E-state index >= 15 is 0 Å². The van der Waals surface area contributed by atoms with E-state index in [0.29, 0.717) is 18.0 Å². The molecule has 0 aromatic carbocycles. The fourth-order valence-corrected chi connectivity index (χ4v) is 2.15. The van der Waals surface area contributed by atoms with Crippen LogP contribution in [0.2, 0.25) is 0 Å². The van der Waals surface area contributed by atoms with Crippen molar-refractivity contribution in [3.8, 4) is 5.88 Å². The first-order valence-electron chi connectivity index (χ1n) is 4.84. The minimum atomic E-state index is -3.53. The van der Waals surface area contributed by atoms with Crippen LogP contribution >= 0.6 is 0 Å². The molecular formula is C9H15N3O3S. The number of methoxy groups -OCH3 is 1. The van der Waals surface area contributed by atoms with E-state index in [2.05, 4.69) is 9.97 Å². The summed E-state index contributed by atoms with van der Waals surface area (Å²) in [6.45, 7) is 1.77. The van der Waals surface area contributed by atoms with Gasteiger partial charge in [0.05, 0.1) is 30.4 Å². The van der Waals surface area contributed by atoms with Gasteiger partial charge < -0.3 is 4.74 Å². The van der Waals surface area contributed by atoms with E-state index in [9.17, 15) is 8.42 Å². The van der Waals surface area contributed by atoms with Crippen molar-refractivity contribution < 1.29 is 13.2 Å². The monoisotopic (exact) mass is 245 g/mol. The Labute approximate surface area is 94.9 Å². The van der Waals surface area contributed by atoms with Crippen LogP contribution in [0.1, 0.15) is 19.0 Å². The van der Waals surface area contributed by atoms with E-state index in [1.807, 2.05) is 0 Å². The van der Waals surface area contributed by atoms with Gasteiger partial charge >= 0.3 is 0 Å². The molecule has 1 aromatic heterocycles. The third-order valence-corrected chi connectivity index (χ3v) is 3.68. The predicted molar refractivity (Wildman–Crippen MR) is 59.5 cm³/mol. The Morgan fingerprint density at radius 1 is 1.44 bits per heavy atom. The van der Waals surface area contributed by atoms with Gasteiger partial charge in [0.2, 0.25) is 15.9 Å². The van der Waals surface area contributed by atoms with Crippen LogP contribution in [0.5, 0.6) is 5.88 Å². The number of nitrogens with zero attached hydrogens (tertiary/aromatic N) is 2. The number of aromatic nitrogens is 2. The van der Waals surface area contributed by atoms with E-state index in [1.54, 1.807) is 6.92 Å². The normalized spacial score (nSPS) is 13.4. The molecule has 0 saturated heterocycles. The van der Waals surface area contributed by atoms with E-state index in [1.165, 1.54) is 19.5 Å². The molecule has 2 N–H and O–H groups in total. The van der Waals surface area contributed by atoms with E-state index in [-0.39, 0.29) is 6.42 Å². The minimum absolute atomic E-state index is 0.270. The zero-order valence-electron chi connectivity index (χ0n) is 9.25. The summed E-state index contributed by atoms with van der Waals surface area (Å²) in [5.74, 6) is 0.396. The van der Waals surface area contributed by atoms with Gasteiger partial charge in [-0.15, -0.1) is 0 Å². The van der Waals surface area contributed by atoms with Crippen molar-refractivity contribution in [1.82, 2.24) is 9.97 Å². The van der Waals surface area contributed by atoms with Crippen LogP contribution < -0.4 is 9.88 Å². The van der Waals surface area contributed by atoms with Crippen molar-refractivity contribution in [2.75, 3.05) is 7.11 Å². The second-order valence-corrected chi connectivity index (χ2v) is 5.22. The molecule has 0 aliphatic rings. The lowest BCUT2D eigenvalue weighted by Crippen LogP contribution is -2.30. The fourth-order valence-electron chi connectivity index (χ4n) is 1.28. The molecule has 6 nitrogen and oxygen atoms in total. The second-order valence-electron chi connectivity index (χ2n) is 3.37. The molecule has 0 fully saturated rings. The molecule has 1 aromatic rings. The molecule has 0 aliphatic carbocycles. The standard InChI is InChI=1S/C9H15N3O3S/c1-3-8(16(10,13)14)4-7-5-12-9(15-2)6-11-7/h5-6,8H,3-4H2,1-2H3,(H2,10,13,14). The summed E-state index contributed by atoms with van der Waals surface area (Å²) in [5.41, 5.74) is 0.585. The van der Waals surface area contributed by atoms with Crippen molar-refractivity contribution in [2.24, 2.45) is 5.14 Å². The SMILES string of the molecule is CCC(Cc1cnc(OC)cn1)S(N)(=O)=O. The Morgan fingerprint density at radius 3 is 2.50 bits per heavy atom. The van der Waals surface area contributed by atoms with Gasteiger partial charge in [0.15, 0.2) is 0 Å². The lowest BCUT2D eigenvalue weighted by Gasteiger charge is -2.11. The number of primary sulfonamides is 1. The van der Waals surface area contributed by atoms with Crippen molar-refractivity contribution in [3.05, 3.63) is 18.1 Å². The molecule has 1 unspecified atom stereocenters. The topological polar surface area (TPSA) is 95.2 Å². The van der Waals surface area contributed by atoms with Crippen molar-refractivity contribution >= 4 is 10.0 Å². The van der Waals surface area contributed by atoms with Gasteiger partial charge in [-0.25, -0.2) is 18.5 Å². The molecule has 7 heteroatoms. The molecule has 0 spiro atoms. The van der Waals surface area contributed by atoms with Crippen LogP contribution in [0.3, 0.4) is 0 Å². The first-order valence-corrected chi connectivity index (χ1v) is 6.44. The number of rotatable bonds is 5. The molecule has 1 atom stereocenters. The number of hydrogen-bond donors (Lipinski definition) is 1. The van der Waals surface area contributed by atoms with E-state index in [4.69, 9.17) is 9.88 Å². The van der Waals surface area contributed by atoms with Gasteiger partial charge in [-0.3, -0.25) is 4.98 Å². The third kappa shape index (κ3) is 3.42. The van der Waals surface area contributed by atoms with Crippen LogP contribution in [0.4, 0.5) is 0 Å². The quantitative estimate of drug-likeness (QED) is 0.793. The number of ether oxygens (including phenoxy) is 1. The van der Waals surface area contributed by atoms with Gasteiger partial charge in [-0.05, 0) is 6.42 Å². The highest BCUT2D eigenvalue weighted by atomic mass is 32.2. The Hall–Kier alpha value is -1.21. The average Bonchev–Trinajstić information content (AvgIpc) is 2.25. The fraction of sp³-hybridized carbons (Fsp3) is 0.556. The molecule has 0 saturated carbocycles. The molecule has 1 heterocycles. The lowest BCUT2D eigenvalue weighted by molar-refractivity contribution is 0.395. The summed E-state index contributed by atoms with van der Waals surface area (Å²) in [5, 5.41) is 4.48. The highest BCUT2D eigenvalue weighted by Gasteiger charge is 2.20. The zero-order valence-corrected chi connectivity index (χ0v) is 10.1. The largest absolute Gasteiger partial charge is 0.480 e. The Morgan fingerprint density at radius 2 is 2.12 bits per heavy atom. The molecule has 90 valence electrons. The highest BCUT2D eigenvalue weighted by Crippen LogP contribution is 2.10. The van der Waals surface area contributed by atoms with Gasteiger partial charge in [0.25, 0.3) is 0 Å². The van der Waals surface area contributed by atoms with E-state index in [0.717, 1.165) is 0 Å². The van der Waals surface area contributed by atoms with Crippen molar-refractivity contribution in [2.45, 2.75) is 25.0 Å². The van der Waals surface area contributed by atoms with Gasteiger partial charge in [-0.2, -0.15) is 0 Å². The number of sulfonamides is 1. The highest BCUT2D eigenvalue weighted by molar-refractivity contribution is 7.89. The third-order valence-electron chi connectivity index (χ3n) is 2.25. The molecule has 0 amide bonds. The van der Waals surface area contributed by atoms with Gasteiger partial charge in [-0.1, -0.05) is 6.92 Å². The smallest absolute Gasteiger partial charge is 0.231 e. The Balaban J connectivity index is 2.79. The molecular weight excluding hydrogens is 230 g/mol. The molecule has 16 heavy (non-hydrogen) atoms. The summed E-state index contributed by atoms with van der Waals surface area (Å²) in [6.07, 6.45) is 3.66. The Kier molecular flexibility index (Phi) is 4.19. The first kappa shape index (κ1) is 12.9. The second kappa shape index (κ2) is 5.22. The van der Waals surface area contributed by atoms with Gasteiger partial charge in [0, 0.05) is 6.42 Å². The average molecular weight is 245 g/mol. The number of hydrogen-bond acceptors (Lipinski definition) is 5. The lowest BCUT2D eigenvalue weighted by atomic mass is 10.2. The van der Waals surface area contributed by atoms with Crippen LogP contribution in [0.15, 0.2) is 12.4 Å². The van der Waals surface area contributed by atoms with Crippen molar-refractivity contribution in [1.29, 1.82) is 0 Å². The van der Waals surface area contributed by atoms with Crippen LogP contribution in [-0.4, -0.2) is 30.7 Å². The van der Waals surface area contributed by atoms with Crippen molar-refractivity contribution in [3.63, 3.8) is 0 Å². The van der Waals surface area contributed by atoms with Crippen LogP contribution in [0.25, 0.3) is 0 Å². The maximum Gasteiger partial charge on any atom is 0.231 e.